The van der Waals surface area contributed by atoms with Gasteiger partial charge < -0.3 is 10.2 Å². The topological polar surface area (TPSA) is 86.8 Å². The minimum Gasteiger partial charge on any atom is -0.355 e. The molecule has 43 heavy (non-hydrogen) atoms. The molecule has 4 rings (SSSR count). The van der Waals surface area contributed by atoms with Gasteiger partial charge in [-0.2, -0.15) is 0 Å². The number of nitrogens with zero attached hydrogens (tertiary/aromatic N) is 2. The van der Waals surface area contributed by atoms with E-state index in [1.54, 1.807) is 19.1 Å². The molecule has 7 nitrogen and oxygen atoms in total. The number of halogens is 1. The Hall–Kier alpha value is -4.50. The van der Waals surface area contributed by atoms with Gasteiger partial charge in [0.05, 0.1) is 10.6 Å². The standard InChI is InChI=1S/C34H36FN3O4S/c1-4-36-34(40)32(22-27-13-6-5-7-14-27)37(23-28-15-9-8-12-26(28)3)33(39)24-38(31-17-11-10-16-30(31)35)43(41,42)29-20-18-25(2)19-21-29/h5-21,32H,4,22-24H2,1-3H3,(H,36,40)/t32-/m0/s1. The van der Waals surface area contributed by atoms with Gasteiger partial charge in [0.1, 0.15) is 18.4 Å². The van der Waals surface area contributed by atoms with Crippen molar-refractivity contribution < 1.29 is 22.4 Å². The number of carbonyl (C=O) groups excluding carboxylic acids is 2. The van der Waals surface area contributed by atoms with Gasteiger partial charge in [0.25, 0.3) is 10.0 Å². The molecule has 0 aliphatic rings. The third-order valence-corrected chi connectivity index (χ3v) is 9.01. The van der Waals surface area contributed by atoms with Crippen LogP contribution in [0.4, 0.5) is 10.1 Å². The first-order valence-corrected chi connectivity index (χ1v) is 15.6. The minimum atomic E-state index is -4.37. The summed E-state index contributed by atoms with van der Waals surface area (Å²) in [6.45, 7) is 5.21. The minimum absolute atomic E-state index is 0.0514. The molecular formula is C34H36FN3O4S. The number of likely N-dealkylation sites (N-methyl/N-ethyl adjacent to an activating group) is 1. The second kappa shape index (κ2) is 14.1. The van der Waals surface area contributed by atoms with Crippen LogP contribution in [-0.4, -0.2) is 44.3 Å². The monoisotopic (exact) mass is 601 g/mol. The van der Waals surface area contributed by atoms with E-state index in [0.717, 1.165) is 32.6 Å². The number of amides is 2. The van der Waals surface area contributed by atoms with Crippen molar-refractivity contribution in [2.75, 3.05) is 17.4 Å². The van der Waals surface area contributed by atoms with Crippen LogP contribution >= 0.6 is 0 Å². The van der Waals surface area contributed by atoms with Gasteiger partial charge in [-0.1, -0.05) is 84.4 Å². The van der Waals surface area contributed by atoms with Crippen molar-refractivity contribution in [3.8, 4) is 0 Å². The summed E-state index contributed by atoms with van der Waals surface area (Å²) in [5.41, 5.74) is 3.14. The Labute approximate surface area is 253 Å². The van der Waals surface area contributed by atoms with E-state index < -0.39 is 34.3 Å². The summed E-state index contributed by atoms with van der Waals surface area (Å²) in [6, 6.07) is 27.4. The van der Waals surface area contributed by atoms with Gasteiger partial charge in [0.15, 0.2) is 0 Å². The van der Waals surface area contributed by atoms with Crippen LogP contribution in [0.2, 0.25) is 0 Å². The van der Waals surface area contributed by atoms with Crippen molar-refractivity contribution in [1.29, 1.82) is 0 Å². The molecule has 0 radical (unpaired) electrons. The van der Waals surface area contributed by atoms with Gasteiger partial charge in [-0.15, -0.1) is 0 Å². The van der Waals surface area contributed by atoms with Crippen LogP contribution < -0.4 is 9.62 Å². The number of benzene rings is 4. The number of para-hydroxylation sites is 1. The molecular weight excluding hydrogens is 565 g/mol. The Morgan fingerprint density at radius 3 is 2.12 bits per heavy atom. The molecule has 2 amide bonds. The Bertz CT molecular complexity index is 1660. The van der Waals surface area contributed by atoms with Crippen LogP contribution in [0.3, 0.4) is 0 Å². The molecule has 4 aromatic carbocycles. The second-order valence-corrected chi connectivity index (χ2v) is 12.2. The molecule has 0 bridgehead atoms. The van der Waals surface area contributed by atoms with Crippen LogP contribution in [0.5, 0.6) is 0 Å². The third-order valence-electron chi connectivity index (χ3n) is 7.23. The first kappa shape index (κ1) is 31.4. The van der Waals surface area contributed by atoms with E-state index in [9.17, 15) is 18.0 Å². The van der Waals surface area contributed by atoms with Crippen molar-refractivity contribution in [3.05, 3.63) is 131 Å². The van der Waals surface area contributed by atoms with Gasteiger partial charge in [-0.05, 0) is 61.7 Å². The molecule has 0 aliphatic carbocycles. The molecule has 0 heterocycles. The number of hydrogen-bond donors (Lipinski definition) is 1. The maximum absolute atomic E-state index is 15.2. The van der Waals surface area contributed by atoms with E-state index in [0.29, 0.717) is 6.54 Å². The zero-order valence-corrected chi connectivity index (χ0v) is 25.4. The van der Waals surface area contributed by atoms with E-state index in [1.807, 2.05) is 68.4 Å². The molecule has 0 aliphatic heterocycles. The highest BCUT2D eigenvalue weighted by Crippen LogP contribution is 2.27. The number of carbonyl (C=O) groups is 2. The highest BCUT2D eigenvalue weighted by molar-refractivity contribution is 7.92. The number of sulfonamides is 1. The van der Waals surface area contributed by atoms with Gasteiger partial charge in [0.2, 0.25) is 11.8 Å². The molecule has 1 N–H and O–H groups in total. The van der Waals surface area contributed by atoms with Crippen molar-refractivity contribution in [1.82, 2.24) is 10.2 Å². The zero-order chi connectivity index (χ0) is 31.0. The quantitative estimate of drug-likeness (QED) is 0.235. The number of aryl methyl sites for hydroxylation is 2. The smallest absolute Gasteiger partial charge is 0.264 e. The summed E-state index contributed by atoms with van der Waals surface area (Å²) in [5.74, 6) is -1.80. The van der Waals surface area contributed by atoms with E-state index in [-0.39, 0.29) is 29.5 Å². The zero-order valence-electron chi connectivity index (χ0n) is 24.5. The van der Waals surface area contributed by atoms with Gasteiger partial charge in [-0.25, -0.2) is 12.8 Å². The fourth-order valence-electron chi connectivity index (χ4n) is 4.82. The van der Waals surface area contributed by atoms with Crippen LogP contribution in [0.25, 0.3) is 0 Å². The lowest BCUT2D eigenvalue weighted by molar-refractivity contribution is -0.140. The van der Waals surface area contributed by atoms with Crippen LogP contribution in [0.15, 0.2) is 108 Å². The van der Waals surface area contributed by atoms with Gasteiger partial charge >= 0.3 is 0 Å². The second-order valence-electron chi connectivity index (χ2n) is 10.3. The molecule has 0 unspecified atom stereocenters. The van der Waals surface area contributed by atoms with Crippen LogP contribution in [0, 0.1) is 19.7 Å². The lowest BCUT2D eigenvalue weighted by Gasteiger charge is -2.34. The Kier molecular flexibility index (Phi) is 10.3. The maximum atomic E-state index is 15.2. The summed E-state index contributed by atoms with van der Waals surface area (Å²) >= 11 is 0. The van der Waals surface area contributed by atoms with Crippen molar-refractivity contribution in [2.45, 2.75) is 44.7 Å². The van der Waals surface area contributed by atoms with E-state index in [4.69, 9.17) is 0 Å². The van der Waals surface area contributed by atoms with Crippen molar-refractivity contribution >= 4 is 27.5 Å². The molecule has 0 fully saturated rings. The molecule has 4 aromatic rings. The first-order valence-electron chi connectivity index (χ1n) is 14.1. The van der Waals surface area contributed by atoms with Crippen LogP contribution in [0.1, 0.15) is 29.2 Å². The molecule has 9 heteroatoms. The summed E-state index contributed by atoms with van der Waals surface area (Å²) in [4.78, 5) is 29.2. The van der Waals surface area contributed by atoms with E-state index in [2.05, 4.69) is 5.32 Å². The third kappa shape index (κ3) is 7.67. The Morgan fingerprint density at radius 1 is 0.837 bits per heavy atom. The number of hydrogen-bond acceptors (Lipinski definition) is 4. The molecule has 0 saturated heterocycles. The normalized spacial score (nSPS) is 11.9. The maximum Gasteiger partial charge on any atom is 0.264 e. The summed E-state index contributed by atoms with van der Waals surface area (Å²) < 4.78 is 43.9. The van der Waals surface area contributed by atoms with Crippen molar-refractivity contribution in [2.24, 2.45) is 0 Å². The summed E-state index contributed by atoms with van der Waals surface area (Å²) in [5, 5.41) is 2.83. The average Bonchev–Trinajstić information content (AvgIpc) is 2.99. The first-order chi connectivity index (χ1) is 20.6. The van der Waals surface area contributed by atoms with Gasteiger partial charge in [-0.3, -0.25) is 13.9 Å². The number of nitrogens with one attached hydrogen (secondary N) is 1. The van der Waals surface area contributed by atoms with Crippen LogP contribution in [-0.2, 0) is 32.6 Å². The number of anilines is 1. The van der Waals surface area contributed by atoms with E-state index >= 15 is 4.39 Å². The summed E-state index contributed by atoms with van der Waals surface area (Å²) in [7, 11) is -4.37. The van der Waals surface area contributed by atoms with Gasteiger partial charge in [0, 0.05) is 19.5 Å². The lowest BCUT2D eigenvalue weighted by Crippen LogP contribution is -2.53. The predicted molar refractivity (Wildman–Crippen MR) is 166 cm³/mol. The molecule has 0 spiro atoms. The highest BCUT2D eigenvalue weighted by atomic mass is 32.2. The largest absolute Gasteiger partial charge is 0.355 e. The average molecular weight is 602 g/mol. The highest BCUT2D eigenvalue weighted by Gasteiger charge is 2.35. The SMILES string of the molecule is CCNC(=O)[C@H](Cc1ccccc1)N(Cc1ccccc1C)C(=O)CN(c1ccccc1F)S(=O)(=O)c1ccc(C)cc1. The summed E-state index contributed by atoms with van der Waals surface area (Å²) in [6.07, 6.45) is 0.203. The van der Waals surface area contributed by atoms with E-state index in [1.165, 1.54) is 35.2 Å². The van der Waals surface area contributed by atoms with Crippen molar-refractivity contribution in [3.63, 3.8) is 0 Å². The fourth-order valence-corrected chi connectivity index (χ4v) is 6.24. The lowest BCUT2D eigenvalue weighted by atomic mass is 10.0. The Morgan fingerprint density at radius 2 is 1.47 bits per heavy atom. The molecule has 0 saturated carbocycles. The Balaban J connectivity index is 1.81. The predicted octanol–water partition coefficient (Wildman–Crippen LogP) is 5.41. The number of rotatable bonds is 12. The molecule has 224 valence electrons. The fraction of sp³-hybridized carbons (Fsp3) is 0.235. The molecule has 1 atom stereocenters. The molecule has 0 aromatic heterocycles.